The second kappa shape index (κ2) is 5.56. The second-order valence-corrected chi connectivity index (χ2v) is 6.90. The zero-order chi connectivity index (χ0) is 14.9. The first-order valence-corrected chi connectivity index (χ1v) is 7.32. The molecule has 1 aliphatic heterocycles. The minimum Gasteiger partial charge on any atom is -0.362 e. The molecule has 0 spiro atoms. The molecular weight excluding hydrogens is 252 g/mol. The zero-order valence-corrected chi connectivity index (χ0v) is 13.2. The van der Waals surface area contributed by atoms with Crippen molar-refractivity contribution in [2.45, 2.75) is 45.7 Å². The van der Waals surface area contributed by atoms with E-state index in [1.54, 1.807) is 17.0 Å². The van der Waals surface area contributed by atoms with Gasteiger partial charge in [-0.3, -0.25) is 4.79 Å². The molecule has 1 aromatic rings. The van der Waals surface area contributed by atoms with E-state index in [9.17, 15) is 4.79 Å². The monoisotopic (exact) mass is 278 g/mol. The van der Waals surface area contributed by atoms with Gasteiger partial charge in [0, 0.05) is 30.5 Å². The number of nitrogens with zero attached hydrogens (tertiary/aromatic N) is 3. The summed E-state index contributed by atoms with van der Waals surface area (Å²) >= 11 is 0. The lowest BCUT2D eigenvalue weighted by Gasteiger charge is -2.35. The number of hydrogen-bond acceptors (Lipinski definition) is 4. The zero-order valence-electron chi connectivity index (χ0n) is 13.2. The summed E-state index contributed by atoms with van der Waals surface area (Å²) in [6.45, 7) is 10.4. The molecule has 1 N–H and O–H groups in total. The summed E-state index contributed by atoms with van der Waals surface area (Å²) in [6, 6.07) is 0.321. The summed E-state index contributed by atoms with van der Waals surface area (Å²) in [5, 5.41) is 3.36. The van der Waals surface area contributed by atoms with Gasteiger partial charge in [0.1, 0.15) is 0 Å². The Balaban J connectivity index is 2.20. The molecule has 1 fully saturated rings. The summed E-state index contributed by atoms with van der Waals surface area (Å²) < 4.78 is 1.74. The maximum absolute atomic E-state index is 12.5. The fourth-order valence-electron chi connectivity index (χ4n) is 2.78. The quantitative estimate of drug-likeness (QED) is 0.895. The van der Waals surface area contributed by atoms with Gasteiger partial charge in [0.2, 0.25) is 0 Å². The van der Waals surface area contributed by atoms with Crippen LogP contribution in [0.15, 0.2) is 17.2 Å². The number of aromatic nitrogens is 2. The van der Waals surface area contributed by atoms with Gasteiger partial charge in [0.05, 0.1) is 0 Å². The average molecular weight is 278 g/mol. The van der Waals surface area contributed by atoms with Crippen molar-refractivity contribution in [3.8, 4) is 0 Å². The van der Waals surface area contributed by atoms with Crippen LogP contribution in [0.5, 0.6) is 0 Å². The first-order chi connectivity index (χ1) is 9.29. The van der Waals surface area contributed by atoms with Gasteiger partial charge >= 0.3 is 0 Å². The lowest BCUT2D eigenvalue weighted by Crippen LogP contribution is -2.45. The number of anilines is 1. The van der Waals surface area contributed by atoms with E-state index in [0.29, 0.717) is 17.8 Å². The lowest BCUT2D eigenvalue weighted by molar-refractivity contribution is 0.206. The summed E-state index contributed by atoms with van der Waals surface area (Å²) in [7, 11) is 2.14. The topological polar surface area (TPSA) is 50.2 Å². The SMILES string of the molecule is CC1CN(C)CCC1Nc1nccn(C(C)(C)C)c1=O. The average Bonchev–Trinajstić information content (AvgIpc) is 2.33. The summed E-state index contributed by atoms with van der Waals surface area (Å²) in [4.78, 5) is 19.1. The normalized spacial score (nSPS) is 24.6. The van der Waals surface area contributed by atoms with E-state index < -0.39 is 0 Å². The van der Waals surface area contributed by atoms with Gasteiger partial charge in [-0.25, -0.2) is 4.98 Å². The van der Waals surface area contributed by atoms with Crippen molar-refractivity contribution in [3.05, 3.63) is 22.7 Å². The second-order valence-electron chi connectivity index (χ2n) is 6.90. The standard InChI is InChI=1S/C15H26N4O/c1-11-10-18(5)8-6-12(11)17-13-14(20)19(9-7-16-13)15(2,3)4/h7,9,11-12H,6,8,10H2,1-5H3,(H,16,17). The summed E-state index contributed by atoms with van der Waals surface area (Å²) in [5.74, 6) is 0.988. The molecule has 2 rings (SSSR count). The van der Waals surface area contributed by atoms with Crippen LogP contribution < -0.4 is 10.9 Å². The van der Waals surface area contributed by atoms with Gasteiger partial charge in [0.15, 0.2) is 5.82 Å². The molecule has 0 aliphatic carbocycles. The Morgan fingerprint density at radius 3 is 2.70 bits per heavy atom. The molecule has 0 amide bonds. The van der Waals surface area contributed by atoms with E-state index in [1.807, 2.05) is 20.8 Å². The molecule has 0 radical (unpaired) electrons. The van der Waals surface area contributed by atoms with E-state index in [-0.39, 0.29) is 11.1 Å². The molecule has 2 atom stereocenters. The van der Waals surface area contributed by atoms with Crippen LogP contribution in [-0.2, 0) is 5.54 Å². The largest absolute Gasteiger partial charge is 0.362 e. The van der Waals surface area contributed by atoms with Gasteiger partial charge < -0.3 is 14.8 Å². The molecule has 0 aromatic carbocycles. The van der Waals surface area contributed by atoms with Gasteiger partial charge in [-0.1, -0.05) is 6.92 Å². The molecule has 1 aliphatic rings. The van der Waals surface area contributed by atoms with Crippen LogP contribution in [0.2, 0.25) is 0 Å². The van der Waals surface area contributed by atoms with Gasteiger partial charge in [-0.05, 0) is 46.7 Å². The third-order valence-corrected chi connectivity index (χ3v) is 3.99. The van der Waals surface area contributed by atoms with Crippen LogP contribution in [-0.4, -0.2) is 40.6 Å². The molecule has 20 heavy (non-hydrogen) atoms. The fourth-order valence-corrected chi connectivity index (χ4v) is 2.78. The van der Waals surface area contributed by atoms with E-state index in [1.165, 1.54) is 0 Å². The van der Waals surface area contributed by atoms with Crippen molar-refractivity contribution >= 4 is 5.82 Å². The number of hydrogen-bond donors (Lipinski definition) is 1. The maximum atomic E-state index is 12.5. The Morgan fingerprint density at radius 1 is 1.40 bits per heavy atom. The molecule has 5 heteroatoms. The van der Waals surface area contributed by atoms with E-state index >= 15 is 0 Å². The maximum Gasteiger partial charge on any atom is 0.293 e. The van der Waals surface area contributed by atoms with Gasteiger partial charge in [-0.15, -0.1) is 0 Å². The van der Waals surface area contributed by atoms with Crippen molar-refractivity contribution < 1.29 is 0 Å². The van der Waals surface area contributed by atoms with Crippen molar-refractivity contribution in [2.75, 3.05) is 25.5 Å². The number of nitrogens with one attached hydrogen (secondary N) is 1. The number of piperidine rings is 1. The van der Waals surface area contributed by atoms with Crippen LogP contribution in [0.4, 0.5) is 5.82 Å². The third-order valence-electron chi connectivity index (χ3n) is 3.99. The molecule has 112 valence electrons. The molecule has 1 saturated heterocycles. The molecule has 0 bridgehead atoms. The molecular formula is C15H26N4O. The van der Waals surface area contributed by atoms with Crippen LogP contribution in [0.25, 0.3) is 0 Å². The van der Waals surface area contributed by atoms with Gasteiger partial charge in [0.25, 0.3) is 5.56 Å². The Bertz CT molecular complexity index is 517. The van der Waals surface area contributed by atoms with E-state index in [0.717, 1.165) is 19.5 Å². The predicted octanol–water partition coefficient (Wildman–Crippen LogP) is 1.75. The van der Waals surface area contributed by atoms with E-state index in [4.69, 9.17) is 0 Å². The molecule has 0 saturated carbocycles. The summed E-state index contributed by atoms with van der Waals surface area (Å²) in [6.07, 6.45) is 4.50. The highest BCUT2D eigenvalue weighted by atomic mass is 16.1. The summed E-state index contributed by atoms with van der Waals surface area (Å²) in [5.41, 5.74) is -0.263. The molecule has 2 heterocycles. The van der Waals surface area contributed by atoms with Gasteiger partial charge in [-0.2, -0.15) is 0 Å². The van der Waals surface area contributed by atoms with Crippen LogP contribution >= 0.6 is 0 Å². The molecule has 2 unspecified atom stereocenters. The first kappa shape index (κ1) is 15.0. The Hall–Kier alpha value is -1.36. The fraction of sp³-hybridized carbons (Fsp3) is 0.733. The Labute approximate surface area is 121 Å². The van der Waals surface area contributed by atoms with Crippen LogP contribution in [0, 0.1) is 5.92 Å². The number of likely N-dealkylation sites (tertiary alicyclic amines) is 1. The van der Waals surface area contributed by atoms with Crippen LogP contribution in [0.1, 0.15) is 34.1 Å². The Morgan fingerprint density at radius 2 is 2.10 bits per heavy atom. The number of rotatable bonds is 2. The van der Waals surface area contributed by atoms with E-state index in [2.05, 4.69) is 29.2 Å². The minimum atomic E-state index is -0.227. The third kappa shape index (κ3) is 3.20. The van der Waals surface area contributed by atoms with Crippen molar-refractivity contribution in [3.63, 3.8) is 0 Å². The highest BCUT2D eigenvalue weighted by Crippen LogP contribution is 2.18. The lowest BCUT2D eigenvalue weighted by atomic mass is 9.94. The highest BCUT2D eigenvalue weighted by molar-refractivity contribution is 5.33. The first-order valence-electron chi connectivity index (χ1n) is 7.32. The smallest absolute Gasteiger partial charge is 0.293 e. The predicted molar refractivity (Wildman–Crippen MR) is 82.2 cm³/mol. The minimum absolute atomic E-state index is 0.0360. The van der Waals surface area contributed by atoms with Crippen LogP contribution in [0.3, 0.4) is 0 Å². The van der Waals surface area contributed by atoms with Crippen molar-refractivity contribution in [1.29, 1.82) is 0 Å². The highest BCUT2D eigenvalue weighted by Gasteiger charge is 2.25. The molecule has 5 nitrogen and oxygen atoms in total. The molecule has 1 aromatic heterocycles. The van der Waals surface area contributed by atoms with Crippen molar-refractivity contribution in [1.82, 2.24) is 14.5 Å². The Kier molecular flexibility index (Phi) is 4.18. The van der Waals surface area contributed by atoms with Crippen molar-refractivity contribution in [2.24, 2.45) is 5.92 Å².